The molecule has 0 aliphatic carbocycles. The van der Waals surface area contributed by atoms with E-state index in [0.717, 1.165) is 24.3 Å². The zero-order valence-electron chi connectivity index (χ0n) is 20.4. The molecule has 8 atom stereocenters. The molecule has 5 rings (SSSR count). The van der Waals surface area contributed by atoms with Crippen molar-refractivity contribution in [2.24, 2.45) is 0 Å². The summed E-state index contributed by atoms with van der Waals surface area (Å²) in [7, 11) is 0. The second-order valence-corrected chi connectivity index (χ2v) is 9.34. The smallest absolute Gasteiger partial charge is 0.229 e. The fraction of sp³-hybridized carbons (Fsp3) is 0.400. The summed E-state index contributed by atoms with van der Waals surface area (Å²) in [5.74, 6) is -2.72. The van der Waals surface area contributed by atoms with Crippen molar-refractivity contribution in [2.45, 2.75) is 49.2 Å². The van der Waals surface area contributed by atoms with Crippen LogP contribution < -0.4 is 14.9 Å². The molecule has 3 aromatic rings. The van der Waals surface area contributed by atoms with E-state index < -0.39 is 102 Å². The second-order valence-electron chi connectivity index (χ2n) is 9.34. The molecule has 2 fully saturated rings. The van der Waals surface area contributed by atoms with Gasteiger partial charge in [-0.25, -0.2) is 0 Å². The number of ether oxygens (including phenoxy) is 4. The van der Waals surface area contributed by atoms with Crippen LogP contribution in [0.2, 0.25) is 0 Å². The van der Waals surface area contributed by atoms with Crippen LogP contribution in [0.5, 0.6) is 28.7 Å². The molecule has 8 unspecified atom stereocenters. The number of hydrogen-bond donors (Lipinski definition) is 9. The first-order valence-electron chi connectivity index (χ1n) is 12.0. The predicted octanol–water partition coefficient (Wildman–Crippen LogP) is -1.79. The Hall–Kier alpha value is -3.67. The van der Waals surface area contributed by atoms with Crippen LogP contribution in [0.4, 0.5) is 0 Å². The Morgan fingerprint density at radius 2 is 1.27 bits per heavy atom. The fourth-order valence-corrected chi connectivity index (χ4v) is 4.28. The van der Waals surface area contributed by atoms with Gasteiger partial charge in [0.15, 0.2) is 39.8 Å². The van der Waals surface area contributed by atoms with Gasteiger partial charge in [0.2, 0.25) is 12.6 Å². The Labute approximate surface area is 223 Å². The zero-order valence-corrected chi connectivity index (χ0v) is 20.4. The third-order valence-corrected chi connectivity index (χ3v) is 6.56. The summed E-state index contributed by atoms with van der Waals surface area (Å²) in [6.45, 7) is -0.847. The number of aromatic hydroxyl groups is 3. The van der Waals surface area contributed by atoms with Gasteiger partial charge in [0.05, 0.1) is 13.2 Å². The molecule has 1 aromatic heterocycles. The van der Waals surface area contributed by atoms with Gasteiger partial charge in [-0.1, -0.05) is 0 Å². The number of aliphatic hydroxyl groups excluding tert-OH is 6. The first-order chi connectivity index (χ1) is 19.0. The third-order valence-electron chi connectivity index (χ3n) is 6.56. The van der Waals surface area contributed by atoms with Crippen LogP contribution in [0.25, 0.3) is 22.3 Å². The SMILES string of the molecule is O=c1cc(-c2ccc(O)c(O)c2)oc2c(OC3OCC(O)C(O)C3O)cc(OC3OCC(O)C(O)C3O)c(O)c12. The van der Waals surface area contributed by atoms with Gasteiger partial charge in [0.25, 0.3) is 0 Å². The van der Waals surface area contributed by atoms with Gasteiger partial charge in [-0.3, -0.25) is 4.79 Å². The number of rotatable bonds is 5. The lowest BCUT2D eigenvalue weighted by Crippen LogP contribution is -2.55. The van der Waals surface area contributed by atoms with Crippen LogP contribution in [0.15, 0.2) is 39.5 Å². The average Bonchev–Trinajstić information content (AvgIpc) is 2.92. The molecule has 216 valence electrons. The summed E-state index contributed by atoms with van der Waals surface area (Å²) < 4.78 is 27.5. The van der Waals surface area contributed by atoms with Gasteiger partial charge in [-0.15, -0.1) is 0 Å². The maximum atomic E-state index is 13.2. The minimum Gasteiger partial charge on any atom is -0.504 e. The van der Waals surface area contributed by atoms with Crippen molar-refractivity contribution in [3.8, 4) is 40.1 Å². The Morgan fingerprint density at radius 3 is 1.85 bits per heavy atom. The van der Waals surface area contributed by atoms with E-state index in [9.17, 15) is 50.8 Å². The van der Waals surface area contributed by atoms with E-state index in [1.807, 2.05) is 0 Å². The molecule has 9 N–H and O–H groups in total. The van der Waals surface area contributed by atoms with Gasteiger partial charge >= 0.3 is 0 Å². The minimum absolute atomic E-state index is 0.130. The molecule has 2 saturated heterocycles. The lowest BCUT2D eigenvalue weighted by molar-refractivity contribution is -0.243. The molecule has 0 spiro atoms. The number of fused-ring (bicyclic) bond motifs is 1. The highest BCUT2D eigenvalue weighted by Crippen LogP contribution is 2.43. The largest absolute Gasteiger partial charge is 0.504 e. The Balaban J connectivity index is 1.62. The van der Waals surface area contributed by atoms with Crippen LogP contribution >= 0.6 is 0 Å². The molecule has 0 amide bonds. The summed E-state index contributed by atoms with van der Waals surface area (Å²) in [4.78, 5) is 13.2. The van der Waals surface area contributed by atoms with E-state index in [1.165, 1.54) is 6.07 Å². The van der Waals surface area contributed by atoms with Crippen molar-refractivity contribution in [3.63, 3.8) is 0 Å². The quantitative estimate of drug-likeness (QED) is 0.155. The van der Waals surface area contributed by atoms with Crippen LogP contribution in [0, 0.1) is 0 Å². The Morgan fingerprint density at radius 1 is 0.700 bits per heavy atom. The molecule has 3 heterocycles. The molecule has 0 radical (unpaired) electrons. The number of aliphatic hydroxyl groups is 6. The monoisotopic (exact) mass is 566 g/mol. The highest BCUT2D eigenvalue weighted by Gasteiger charge is 2.41. The molecule has 15 nitrogen and oxygen atoms in total. The van der Waals surface area contributed by atoms with Crippen LogP contribution in [0.3, 0.4) is 0 Å². The highest BCUT2D eigenvalue weighted by atomic mass is 16.7. The number of phenols is 3. The van der Waals surface area contributed by atoms with Crippen molar-refractivity contribution in [1.29, 1.82) is 0 Å². The summed E-state index contributed by atoms with van der Waals surface area (Å²) in [6.07, 6.45) is -12.8. The van der Waals surface area contributed by atoms with Crippen LogP contribution in [0.1, 0.15) is 0 Å². The van der Waals surface area contributed by atoms with Crippen molar-refractivity contribution in [3.05, 3.63) is 40.6 Å². The standard InChI is InChI=1S/C25H26O15/c26-9-2-1-8(3-10(9)27)14-4-11(28)17-20(33)15(39-24-21(34)18(31)12(29)6-36-24)5-16(23(17)38-14)40-25-22(35)19(32)13(30)7-37-25/h1-5,12-13,18-19,21-22,24-27,29-35H,6-7H2. The fourth-order valence-electron chi connectivity index (χ4n) is 4.28. The van der Waals surface area contributed by atoms with E-state index in [2.05, 4.69) is 0 Å². The molecule has 0 bridgehead atoms. The first-order valence-corrected chi connectivity index (χ1v) is 12.0. The van der Waals surface area contributed by atoms with Crippen molar-refractivity contribution < 1.29 is 69.3 Å². The lowest BCUT2D eigenvalue weighted by Gasteiger charge is -2.36. The van der Waals surface area contributed by atoms with Crippen molar-refractivity contribution in [2.75, 3.05) is 13.2 Å². The molecular weight excluding hydrogens is 540 g/mol. The third kappa shape index (κ3) is 5.00. The molecular formula is C25H26O15. The van der Waals surface area contributed by atoms with Gasteiger partial charge in [0.1, 0.15) is 47.8 Å². The topological polar surface area (TPSA) is 249 Å². The number of phenolic OH excluding ortho intramolecular Hbond substituents is 3. The molecule has 2 aliphatic heterocycles. The Bertz CT molecular complexity index is 1450. The molecule has 2 aliphatic rings. The van der Waals surface area contributed by atoms with E-state index in [0.29, 0.717) is 0 Å². The van der Waals surface area contributed by atoms with E-state index >= 15 is 0 Å². The normalized spacial score (nSPS) is 30.8. The summed E-state index contributed by atoms with van der Waals surface area (Å²) in [5, 5.41) is 90.0. The van der Waals surface area contributed by atoms with Crippen LogP contribution in [-0.2, 0) is 9.47 Å². The second kappa shape index (κ2) is 10.7. The maximum Gasteiger partial charge on any atom is 0.229 e. The van der Waals surface area contributed by atoms with Crippen LogP contribution in [-0.4, -0.2) is 108 Å². The molecule has 0 saturated carbocycles. The highest BCUT2D eigenvalue weighted by molar-refractivity contribution is 5.92. The van der Waals surface area contributed by atoms with Gasteiger partial charge in [0, 0.05) is 17.7 Å². The van der Waals surface area contributed by atoms with Gasteiger partial charge < -0.3 is 69.3 Å². The minimum atomic E-state index is -1.76. The predicted molar refractivity (Wildman–Crippen MR) is 130 cm³/mol. The van der Waals surface area contributed by atoms with Crippen molar-refractivity contribution in [1.82, 2.24) is 0 Å². The molecule has 40 heavy (non-hydrogen) atoms. The molecule has 15 heteroatoms. The summed E-state index contributed by atoms with van der Waals surface area (Å²) in [6, 6.07) is 5.58. The summed E-state index contributed by atoms with van der Waals surface area (Å²) in [5.41, 5.74) is -1.08. The van der Waals surface area contributed by atoms with Gasteiger partial charge in [-0.2, -0.15) is 0 Å². The first kappa shape index (κ1) is 27.9. The number of benzene rings is 2. The van der Waals surface area contributed by atoms with E-state index in [-0.39, 0.29) is 17.1 Å². The Kier molecular flexibility index (Phi) is 7.47. The van der Waals surface area contributed by atoms with Crippen molar-refractivity contribution >= 4 is 11.0 Å². The van der Waals surface area contributed by atoms with E-state index in [4.69, 9.17) is 23.4 Å². The van der Waals surface area contributed by atoms with Gasteiger partial charge in [-0.05, 0) is 18.2 Å². The molecule has 2 aromatic carbocycles. The van der Waals surface area contributed by atoms with E-state index in [1.54, 1.807) is 0 Å². The average molecular weight is 566 g/mol. The zero-order chi connectivity index (χ0) is 28.9. The maximum absolute atomic E-state index is 13.2. The number of hydrogen-bond acceptors (Lipinski definition) is 15. The summed E-state index contributed by atoms with van der Waals surface area (Å²) >= 11 is 0. The lowest BCUT2D eigenvalue weighted by atomic mass is 10.1.